The van der Waals surface area contributed by atoms with Gasteiger partial charge in [-0.1, -0.05) is 39.0 Å². The maximum atomic E-state index is 6.13. The fourth-order valence-electron chi connectivity index (χ4n) is 1.84. The highest BCUT2D eigenvalue weighted by molar-refractivity contribution is 6.74. The zero-order valence-corrected chi connectivity index (χ0v) is 15.7. The van der Waals surface area contributed by atoms with Gasteiger partial charge < -0.3 is 20.6 Å². The first kappa shape index (κ1) is 19.2. The number of ether oxygens (including phenoxy) is 1. The molecule has 126 valence electrons. The van der Waals surface area contributed by atoms with Gasteiger partial charge in [-0.3, -0.25) is 0 Å². The maximum absolute atomic E-state index is 6.13. The van der Waals surface area contributed by atoms with Crippen LogP contribution in [0.15, 0.2) is 24.3 Å². The van der Waals surface area contributed by atoms with E-state index in [4.69, 9.17) is 20.6 Å². The Morgan fingerprint density at radius 2 is 1.77 bits per heavy atom. The Kier molecular flexibility index (Phi) is 7.06. The van der Waals surface area contributed by atoms with Gasteiger partial charge in [-0.2, -0.15) is 0 Å². The van der Waals surface area contributed by atoms with Crippen molar-refractivity contribution in [1.29, 1.82) is 0 Å². The standard InChI is InChI=1S/C17H32N2O2Si/c1-17(2,3)22(4,5)21-11-10-20-16-9-7-6-8-14(16)12-15(19)13-18/h6-9,15H,10-13,18-19H2,1-5H3. The monoisotopic (exact) mass is 324 g/mol. The Morgan fingerprint density at radius 3 is 2.36 bits per heavy atom. The SMILES string of the molecule is CC(C)(C)[Si](C)(C)OCCOc1ccccc1CC(N)CN. The molecule has 0 aromatic heterocycles. The van der Waals surface area contributed by atoms with Gasteiger partial charge in [0.1, 0.15) is 12.4 Å². The van der Waals surface area contributed by atoms with Crippen LogP contribution in [0.3, 0.4) is 0 Å². The van der Waals surface area contributed by atoms with Crippen molar-refractivity contribution < 1.29 is 9.16 Å². The summed E-state index contributed by atoms with van der Waals surface area (Å²) in [6.45, 7) is 12.9. The lowest BCUT2D eigenvalue weighted by molar-refractivity contribution is 0.202. The van der Waals surface area contributed by atoms with Crippen LogP contribution in [0.1, 0.15) is 26.3 Å². The normalized spacial score (nSPS) is 14.0. The summed E-state index contributed by atoms with van der Waals surface area (Å²) in [5.41, 5.74) is 12.6. The molecular weight excluding hydrogens is 292 g/mol. The highest BCUT2D eigenvalue weighted by atomic mass is 28.4. The Morgan fingerprint density at radius 1 is 1.14 bits per heavy atom. The van der Waals surface area contributed by atoms with E-state index < -0.39 is 8.32 Å². The molecule has 22 heavy (non-hydrogen) atoms. The van der Waals surface area contributed by atoms with E-state index in [0.29, 0.717) is 19.8 Å². The Hall–Kier alpha value is -0.883. The van der Waals surface area contributed by atoms with Crippen LogP contribution in [0.25, 0.3) is 0 Å². The quantitative estimate of drug-likeness (QED) is 0.570. The first-order chi connectivity index (χ1) is 10.2. The molecule has 1 atom stereocenters. The van der Waals surface area contributed by atoms with Crippen molar-refractivity contribution in [2.24, 2.45) is 11.5 Å². The molecule has 0 bridgehead atoms. The van der Waals surface area contributed by atoms with Gasteiger partial charge in [0.2, 0.25) is 0 Å². The molecule has 0 heterocycles. The van der Waals surface area contributed by atoms with Crippen LogP contribution in [-0.4, -0.2) is 34.1 Å². The summed E-state index contributed by atoms with van der Waals surface area (Å²) in [7, 11) is -1.71. The largest absolute Gasteiger partial charge is 0.491 e. The van der Waals surface area contributed by atoms with Gasteiger partial charge in [-0.25, -0.2) is 0 Å². The topological polar surface area (TPSA) is 70.5 Å². The average molecular weight is 325 g/mol. The number of hydrogen-bond donors (Lipinski definition) is 2. The summed E-state index contributed by atoms with van der Waals surface area (Å²) < 4.78 is 12.0. The molecule has 1 aromatic rings. The molecule has 0 aliphatic heterocycles. The molecule has 1 unspecified atom stereocenters. The minimum atomic E-state index is -1.71. The van der Waals surface area contributed by atoms with Crippen LogP contribution in [0, 0.1) is 0 Å². The molecule has 0 fully saturated rings. The van der Waals surface area contributed by atoms with Gasteiger partial charge in [0, 0.05) is 12.6 Å². The smallest absolute Gasteiger partial charge is 0.192 e. The second-order valence-corrected chi connectivity index (χ2v) is 12.1. The average Bonchev–Trinajstić information content (AvgIpc) is 2.43. The van der Waals surface area contributed by atoms with Crippen molar-refractivity contribution in [1.82, 2.24) is 0 Å². The third-order valence-corrected chi connectivity index (χ3v) is 8.91. The molecular formula is C17H32N2O2Si. The Labute approximate surface area is 136 Å². The second kappa shape index (κ2) is 8.11. The van der Waals surface area contributed by atoms with E-state index >= 15 is 0 Å². The fourth-order valence-corrected chi connectivity index (χ4v) is 2.87. The van der Waals surface area contributed by atoms with E-state index in [-0.39, 0.29) is 11.1 Å². The van der Waals surface area contributed by atoms with E-state index in [1.165, 1.54) is 0 Å². The Balaban J connectivity index is 2.52. The lowest BCUT2D eigenvalue weighted by Crippen LogP contribution is -2.41. The minimum absolute atomic E-state index is 0.0340. The molecule has 1 rings (SSSR count). The molecule has 0 aliphatic carbocycles. The van der Waals surface area contributed by atoms with Crippen LogP contribution >= 0.6 is 0 Å². The summed E-state index contributed by atoms with van der Waals surface area (Å²) in [4.78, 5) is 0. The van der Waals surface area contributed by atoms with Gasteiger partial charge in [0.05, 0.1) is 6.61 Å². The lowest BCUT2D eigenvalue weighted by Gasteiger charge is -2.36. The van der Waals surface area contributed by atoms with Crippen molar-refractivity contribution in [3.8, 4) is 5.75 Å². The highest BCUT2D eigenvalue weighted by Gasteiger charge is 2.36. The predicted octanol–water partition coefficient (Wildman–Crippen LogP) is 2.92. The van der Waals surface area contributed by atoms with Crippen LogP contribution in [-0.2, 0) is 10.8 Å². The molecule has 0 amide bonds. The number of hydrogen-bond acceptors (Lipinski definition) is 4. The first-order valence-corrected chi connectivity index (χ1v) is 10.9. The van der Waals surface area contributed by atoms with Crippen molar-refractivity contribution in [2.75, 3.05) is 19.8 Å². The van der Waals surface area contributed by atoms with Crippen molar-refractivity contribution >= 4 is 8.32 Å². The van der Waals surface area contributed by atoms with E-state index in [1.807, 2.05) is 24.3 Å². The number of rotatable bonds is 8. The Bertz CT molecular complexity index is 458. The van der Waals surface area contributed by atoms with Gasteiger partial charge in [0.25, 0.3) is 0 Å². The van der Waals surface area contributed by atoms with Gasteiger partial charge in [-0.05, 0) is 36.2 Å². The molecule has 0 spiro atoms. The molecule has 4 N–H and O–H groups in total. The second-order valence-electron chi connectivity index (χ2n) is 7.26. The van der Waals surface area contributed by atoms with Crippen molar-refractivity contribution in [3.63, 3.8) is 0 Å². The molecule has 5 heteroatoms. The third-order valence-electron chi connectivity index (χ3n) is 4.37. The fraction of sp³-hybridized carbons (Fsp3) is 0.647. The zero-order valence-electron chi connectivity index (χ0n) is 14.7. The van der Waals surface area contributed by atoms with Gasteiger partial charge in [0.15, 0.2) is 8.32 Å². The summed E-state index contributed by atoms with van der Waals surface area (Å²) >= 11 is 0. The van der Waals surface area contributed by atoms with Crippen molar-refractivity contribution in [2.45, 2.75) is 51.4 Å². The van der Waals surface area contributed by atoms with Gasteiger partial charge >= 0.3 is 0 Å². The van der Waals surface area contributed by atoms with Gasteiger partial charge in [-0.15, -0.1) is 0 Å². The first-order valence-electron chi connectivity index (χ1n) is 7.97. The predicted molar refractivity (Wildman–Crippen MR) is 95.8 cm³/mol. The number of benzene rings is 1. The highest BCUT2D eigenvalue weighted by Crippen LogP contribution is 2.36. The van der Waals surface area contributed by atoms with Crippen molar-refractivity contribution in [3.05, 3.63) is 29.8 Å². The molecule has 0 aliphatic rings. The molecule has 1 aromatic carbocycles. The van der Waals surface area contributed by atoms with E-state index in [0.717, 1.165) is 17.7 Å². The third kappa shape index (κ3) is 5.72. The van der Waals surface area contributed by atoms with E-state index in [1.54, 1.807) is 0 Å². The van der Waals surface area contributed by atoms with Crippen LogP contribution in [0.5, 0.6) is 5.75 Å². The number of para-hydroxylation sites is 1. The minimum Gasteiger partial charge on any atom is -0.491 e. The summed E-state index contributed by atoms with van der Waals surface area (Å²) in [5, 5.41) is 0.221. The zero-order chi connectivity index (χ0) is 16.8. The van der Waals surface area contributed by atoms with Crippen LogP contribution in [0.2, 0.25) is 18.1 Å². The molecule has 0 saturated heterocycles. The summed E-state index contributed by atoms with van der Waals surface area (Å²) in [6.07, 6.45) is 0.732. The summed E-state index contributed by atoms with van der Waals surface area (Å²) in [5.74, 6) is 0.880. The molecule has 4 nitrogen and oxygen atoms in total. The van der Waals surface area contributed by atoms with E-state index in [2.05, 4.69) is 33.9 Å². The maximum Gasteiger partial charge on any atom is 0.192 e. The lowest BCUT2D eigenvalue weighted by atomic mass is 10.1. The van der Waals surface area contributed by atoms with Crippen LogP contribution in [0.4, 0.5) is 0 Å². The molecule has 0 saturated carbocycles. The number of nitrogens with two attached hydrogens (primary N) is 2. The van der Waals surface area contributed by atoms with Crippen LogP contribution < -0.4 is 16.2 Å². The summed E-state index contributed by atoms with van der Waals surface area (Å²) in [6, 6.07) is 7.96. The van der Waals surface area contributed by atoms with E-state index in [9.17, 15) is 0 Å². The molecule has 0 radical (unpaired) electrons.